The van der Waals surface area contributed by atoms with Crippen molar-refractivity contribution in [1.82, 2.24) is 0 Å². The van der Waals surface area contributed by atoms with Gasteiger partial charge in [0.15, 0.2) is 0 Å². The van der Waals surface area contributed by atoms with E-state index in [1.807, 2.05) is 24.8 Å². The first-order valence-electron chi connectivity index (χ1n) is 7.38. The van der Waals surface area contributed by atoms with Gasteiger partial charge in [-0.05, 0) is 32.1 Å². The minimum Gasteiger partial charge on any atom is -0.372 e. The summed E-state index contributed by atoms with van der Waals surface area (Å²) in [6, 6.07) is 9.35. The van der Waals surface area contributed by atoms with Crippen molar-refractivity contribution in [3.63, 3.8) is 0 Å². The molecule has 0 aliphatic heterocycles. The predicted molar refractivity (Wildman–Crippen MR) is 85.7 cm³/mol. The van der Waals surface area contributed by atoms with Crippen LogP contribution in [0, 0.1) is 34.0 Å². The van der Waals surface area contributed by atoms with Crippen LogP contribution in [0.25, 0.3) is 5.57 Å². The summed E-state index contributed by atoms with van der Waals surface area (Å²) in [6.45, 7) is 5.12. The van der Waals surface area contributed by atoms with E-state index in [0.29, 0.717) is 18.8 Å². The van der Waals surface area contributed by atoms with Crippen LogP contribution >= 0.6 is 0 Å². The van der Waals surface area contributed by atoms with Crippen LogP contribution < -0.4 is 4.90 Å². The summed E-state index contributed by atoms with van der Waals surface area (Å²) >= 11 is 0. The van der Waals surface area contributed by atoms with Gasteiger partial charge in [0.2, 0.25) is 0 Å². The first kappa shape index (κ1) is 17.2. The second-order valence-corrected chi connectivity index (χ2v) is 5.16. The molecule has 0 amide bonds. The van der Waals surface area contributed by atoms with E-state index in [4.69, 9.17) is 10.5 Å². The highest BCUT2D eigenvalue weighted by Crippen LogP contribution is 2.47. The van der Waals surface area contributed by atoms with Crippen LogP contribution in [0.3, 0.4) is 0 Å². The van der Waals surface area contributed by atoms with Gasteiger partial charge in [0.05, 0.1) is 17.2 Å². The largest absolute Gasteiger partial charge is 0.372 e. The van der Waals surface area contributed by atoms with Crippen LogP contribution in [0.1, 0.15) is 25.0 Å². The number of hydrogen-bond acceptors (Lipinski definition) is 4. The summed E-state index contributed by atoms with van der Waals surface area (Å²) < 4.78 is 29.8. The molecule has 0 unspecified atom stereocenters. The maximum atomic E-state index is 14.9. The summed E-state index contributed by atoms with van der Waals surface area (Å²) in [5, 5.41) is 27.2. The number of anilines is 1. The highest BCUT2D eigenvalue weighted by atomic mass is 19.3. The van der Waals surface area contributed by atoms with Crippen molar-refractivity contribution in [1.29, 1.82) is 15.8 Å². The van der Waals surface area contributed by atoms with Crippen LogP contribution in [0.5, 0.6) is 0 Å². The summed E-state index contributed by atoms with van der Waals surface area (Å²) in [5.41, 5.74) is -1.03. The molecule has 6 heteroatoms. The van der Waals surface area contributed by atoms with Gasteiger partial charge in [-0.25, -0.2) is 0 Å². The molecular weight excluding hydrogens is 310 g/mol. The standard InChI is InChI=1S/C18H14F2N4/c1-3-24(4-2)14-5-6-15-12(9-21)7-16(13(10-22)11-23)18(19,20)17(15)8-14/h5-8H,3-4H2,1-2H3. The summed E-state index contributed by atoms with van der Waals surface area (Å²) in [6.07, 6.45) is 0.932. The van der Waals surface area contributed by atoms with Gasteiger partial charge in [-0.2, -0.15) is 24.6 Å². The highest BCUT2D eigenvalue weighted by molar-refractivity contribution is 5.86. The number of halogens is 2. The van der Waals surface area contributed by atoms with Crippen molar-refractivity contribution in [2.45, 2.75) is 19.8 Å². The molecule has 0 saturated heterocycles. The molecular formula is C18H14F2N4. The van der Waals surface area contributed by atoms with Gasteiger partial charge in [0.1, 0.15) is 17.7 Å². The molecule has 0 heterocycles. The van der Waals surface area contributed by atoms with Gasteiger partial charge in [-0.15, -0.1) is 0 Å². The molecule has 1 aliphatic rings. The number of nitriles is 3. The molecule has 4 nitrogen and oxygen atoms in total. The monoisotopic (exact) mass is 324 g/mol. The Morgan fingerprint density at radius 1 is 1.12 bits per heavy atom. The number of hydrogen-bond donors (Lipinski definition) is 0. The highest BCUT2D eigenvalue weighted by Gasteiger charge is 2.43. The molecule has 1 aromatic rings. The third kappa shape index (κ3) is 2.62. The first-order valence-corrected chi connectivity index (χ1v) is 7.38. The fraction of sp³-hybridized carbons (Fsp3) is 0.278. The van der Waals surface area contributed by atoms with Gasteiger partial charge >= 0.3 is 5.92 Å². The van der Waals surface area contributed by atoms with Gasteiger partial charge in [0, 0.05) is 29.9 Å². The molecule has 0 aromatic heterocycles. The molecule has 0 atom stereocenters. The molecule has 120 valence electrons. The van der Waals surface area contributed by atoms with E-state index in [1.54, 1.807) is 6.07 Å². The van der Waals surface area contributed by atoms with Gasteiger partial charge < -0.3 is 4.90 Å². The molecule has 2 rings (SSSR count). The van der Waals surface area contributed by atoms with E-state index >= 15 is 0 Å². The zero-order valence-electron chi connectivity index (χ0n) is 13.3. The maximum Gasteiger partial charge on any atom is 0.301 e. The van der Waals surface area contributed by atoms with Gasteiger partial charge in [-0.3, -0.25) is 0 Å². The Hall–Kier alpha value is -3.17. The zero-order chi connectivity index (χ0) is 17.9. The Labute approximate surface area is 139 Å². The lowest BCUT2D eigenvalue weighted by Crippen LogP contribution is -2.26. The quantitative estimate of drug-likeness (QED) is 0.791. The van der Waals surface area contributed by atoms with Crippen LogP contribution in [-0.4, -0.2) is 13.1 Å². The van der Waals surface area contributed by atoms with E-state index in [2.05, 4.69) is 0 Å². The Morgan fingerprint density at radius 3 is 2.25 bits per heavy atom. The molecule has 24 heavy (non-hydrogen) atoms. The van der Waals surface area contributed by atoms with E-state index in [1.165, 1.54) is 24.3 Å². The normalized spacial score (nSPS) is 14.5. The number of nitrogens with zero attached hydrogens (tertiary/aromatic N) is 4. The molecule has 1 aromatic carbocycles. The van der Waals surface area contributed by atoms with Gasteiger partial charge in [0.25, 0.3) is 0 Å². The second kappa shape index (κ2) is 6.52. The summed E-state index contributed by atoms with van der Waals surface area (Å²) in [4.78, 5) is 1.90. The fourth-order valence-electron chi connectivity index (χ4n) is 2.74. The Balaban J connectivity index is 2.79. The average molecular weight is 324 g/mol. The predicted octanol–water partition coefficient (Wildman–Crippen LogP) is 3.89. The third-order valence-electron chi connectivity index (χ3n) is 4.00. The minimum absolute atomic E-state index is 0.0139. The molecule has 0 bridgehead atoms. The average Bonchev–Trinajstić information content (AvgIpc) is 2.59. The summed E-state index contributed by atoms with van der Waals surface area (Å²) in [7, 11) is 0. The lowest BCUT2D eigenvalue weighted by Gasteiger charge is -2.28. The number of fused-ring (bicyclic) bond motifs is 1. The molecule has 0 fully saturated rings. The SMILES string of the molecule is CCN(CC)c1ccc2c(c1)C(F)(F)C(=C(C#N)C#N)C=C2C#N. The summed E-state index contributed by atoms with van der Waals surface area (Å²) in [5.74, 6) is -3.51. The number of rotatable bonds is 3. The Morgan fingerprint density at radius 2 is 1.75 bits per heavy atom. The third-order valence-corrected chi connectivity index (χ3v) is 4.00. The molecule has 0 N–H and O–H groups in total. The number of alkyl halides is 2. The van der Waals surface area contributed by atoms with Crippen molar-refractivity contribution in [2.24, 2.45) is 0 Å². The Kier molecular flexibility index (Phi) is 4.67. The van der Waals surface area contributed by atoms with E-state index in [-0.39, 0.29) is 16.7 Å². The Bertz CT molecular complexity index is 840. The topological polar surface area (TPSA) is 74.6 Å². The van der Waals surface area contributed by atoms with E-state index in [9.17, 15) is 14.0 Å². The minimum atomic E-state index is -3.51. The first-order chi connectivity index (χ1) is 11.4. The number of allylic oxidation sites excluding steroid dienone is 4. The fourth-order valence-corrected chi connectivity index (χ4v) is 2.74. The lowest BCUT2D eigenvalue weighted by atomic mass is 9.83. The van der Waals surface area contributed by atoms with Crippen LogP contribution in [-0.2, 0) is 5.92 Å². The second-order valence-electron chi connectivity index (χ2n) is 5.16. The molecule has 0 radical (unpaired) electrons. The van der Waals surface area contributed by atoms with Crippen molar-refractivity contribution < 1.29 is 8.78 Å². The number of benzene rings is 1. The van der Waals surface area contributed by atoms with Crippen molar-refractivity contribution >= 4 is 11.3 Å². The van der Waals surface area contributed by atoms with Crippen molar-refractivity contribution in [3.8, 4) is 18.2 Å². The van der Waals surface area contributed by atoms with E-state index < -0.39 is 17.1 Å². The molecule has 0 saturated carbocycles. The van der Waals surface area contributed by atoms with E-state index in [0.717, 1.165) is 6.08 Å². The smallest absolute Gasteiger partial charge is 0.301 e. The van der Waals surface area contributed by atoms with Gasteiger partial charge in [-0.1, -0.05) is 6.07 Å². The molecule has 1 aliphatic carbocycles. The lowest BCUT2D eigenvalue weighted by molar-refractivity contribution is 0.0403. The molecule has 0 spiro atoms. The van der Waals surface area contributed by atoms with Crippen LogP contribution in [0.4, 0.5) is 14.5 Å². The van der Waals surface area contributed by atoms with Crippen LogP contribution in [0.2, 0.25) is 0 Å². The van der Waals surface area contributed by atoms with Crippen LogP contribution in [0.15, 0.2) is 35.4 Å². The van der Waals surface area contributed by atoms with Crippen molar-refractivity contribution in [3.05, 3.63) is 46.5 Å². The van der Waals surface area contributed by atoms with Crippen molar-refractivity contribution in [2.75, 3.05) is 18.0 Å². The maximum absolute atomic E-state index is 14.9. The zero-order valence-corrected chi connectivity index (χ0v) is 13.3.